The van der Waals surface area contributed by atoms with Crippen molar-refractivity contribution in [2.45, 2.75) is 276 Å². The van der Waals surface area contributed by atoms with Gasteiger partial charge >= 0.3 is 7.82 Å². The highest BCUT2D eigenvalue weighted by atomic mass is 31.2. The summed E-state index contributed by atoms with van der Waals surface area (Å²) >= 11 is 0. The fourth-order valence-corrected chi connectivity index (χ4v) is 9.08. The van der Waals surface area contributed by atoms with Crippen LogP contribution in [-0.2, 0) is 18.4 Å². The van der Waals surface area contributed by atoms with Crippen LogP contribution in [0, 0.1) is 0 Å². The Kier molecular flexibility index (Phi) is 49.8. The number of hydrogen-bond acceptors (Lipinski definition) is 5. The number of quaternary nitrogens is 1. The molecule has 0 heterocycles. The molecule has 9 heteroatoms. The topological polar surface area (TPSA) is 105 Å². The summed E-state index contributed by atoms with van der Waals surface area (Å²) in [5.74, 6) is -0.195. The van der Waals surface area contributed by atoms with E-state index >= 15 is 0 Å². The Morgan fingerprint density at radius 1 is 0.493 bits per heavy atom. The van der Waals surface area contributed by atoms with Crippen LogP contribution < -0.4 is 5.32 Å². The van der Waals surface area contributed by atoms with Gasteiger partial charge in [0.05, 0.1) is 39.9 Å². The number of allylic oxidation sites excluding steroid dienone is 9. The number of phosphoric acid groups is 1. The number of aliphatic hydroxyl groups excluding tert-OH is 1. The third-order valence-electron chi connectivity index (χ3n) is 12.9. The predicted octanol–water partition coefficient (Wildman–Crippen LogP) is 17.7. The molecule has 0 saturated carbocycles. The number of nitrogens with one attached hydrogen (secondary N) is 1. The number of likely N-dealkylation sites (N-methyl/N-ethyl adjacent to an activating group) is 1. The number of nitrogens with zero attached hydrogens (tertiary/aromatic N) is 1. The number of phosphoric ester groups is 1. The van der Waals surface area contributed by atoms with E-state index in [0.29, 0.717) is 17.4 Å². The van der Waals surface area contributed by atoms with Gasteiger partial charge in [0.1, 0.15) is 13.2 Å². The Bertz CT molecular complexity index is 1310. The van der Waals surface area contributed by atoms with Gasteiger partial charge in [-0.2, -0.15) is 0 Å². The number of aliphatic hydroxyl groups is 1. The zero-order chi connectivity index (χ0) is 50.6. The molecular formula is C60H114N2O6P+. The first-order valence-corrected chi connectivity index (χ1v) is 30.7. The third-order valence-corrected chi connectivity index (χ3v) is 13.9. The maximum Gasteiger partial charge on any atom is 0.472 e. The summed E-state index contributed by atoms with van der Waals surface area (Å²) in [7, 11) is 1.54. The second-order valence-corrected chi connectivity index (χ2v) is 22.4. The van der Waals surface area contributed by atoms with E-state index in [2.05, 4.69) is 67.8 Å². The van der Waals surface area contributed by atoms with Gasteiger partial charge in [-0.3, -0.25) is 13.8 Å². The molecule has 3 N–H and O–H groups in total. The smallest absolute Gasteiger partial charge is 0.387 e. The molecule has 0 aromatic carbocycles. The maximum absolute atomic E-state index is 13.0. The van der Waals surface area contributed by atoms with Gasteiger partial charge in [0.15, 0.2) is 0 Å². The van der Waals surface area contributed by atoms with Crippen LogP contribution in [0.4, 0.5) is 0 Å². The SMILES string of the molecule is CCCCC/C=C\C/C=C\CCCCCCCCCCCC(=O)NC(COP(=O)(O)OCC[N+](C)(C)C)C(O)/C=C/CC/C=C/CC/C=C/CCCCCCCCCCCCCCCCCCCC. The quantitative estimate of drug-likeness (QED) is 0.0243. The van der Waals surface area contributed by atoms with Crippen molar-refractivity contribution in [3.05, 3.63) is 60.8 Å². The van der Waals surface area contributed by atoms with Crippen molar-refractivity contribution in [1.29, 1.82) is 0 Å². The largest absolute Gasteiger partial charge is 0.472 e. The number of carbonyl (C=O) groups is 1. The van der Waals surface area contributed by atoms with Crippen LogP contribution in [0.1, 0.15) is 264 Å². The average Bonchev–Trinajstić information content (AvgIpc) is 3.31. The molecule has 69 heavy (non-hydrogen) atoms. The predicted molar refractivity (Wildman–Crippen MR) is 300 cm³/mol. The Morgan fingerprint density at radius 2 is 0.841 bits per heavy atom. The summed E-state index contributed by atoms with van der Waals surface area (Å²) in [6, 6.07) is -0.875. The summed E-state index contributed by atoms with van der Waals surface area (Å²) in [6.45, 7) is 4.78. The van der Waals surface area contributed by atoms with Gasteiger partial charge in [0.2, 0.25) is 5.91 Å². The van der Waals surface area contributed by atoms with Crippen LogP contribution in [0.15, 0.2) is 60.8 Å². The van der Waals surface area contributed by atoms with Gasteiger partial charge in [0, 0.05) is 6.42 Å². The highest BCUT2D eigenvalue weighted by Crippen LogP contribution is 2.43. The molecule has 404 valence electrons. The van der Waals surface area contributed by atoms with Crippen molar-refractivity contribution in [1.82, 2.24) is 5.32 Å². The van der Waals surface area contributed by atoms with Crippen LogP contribution in [-0.4, -0.2) is 73.4 Å². The molecule has 3 atom stereocenters. The number of unbranched alkanes of at least 4 members (excludes halogenated alkanes) is 32. The molecule has 3 unspecified atom stereocenters. The summed E-state index contributed by atoms with van der Waals surface area (Å²) < 4.78 is 23.7. The number of carbonyl (C=O) groups excluding carboxylic acids is 1. The van der Waals surface area contributed by atoms with Crippen LogP contribution in [0.2, 0.25) is 0 Å². The standard InChI is InChI=1S/C60H113N2O6P/c1-6-8-10-12-14-16-18-20-22-24-26-27-28-29-30-31-32-33-34-36-37-39-41-43-45-47-49-51-53-59(63)58(57-68-69(65,66)67-56-55-62(3,4)5)61-60(64)54-52-50-48-46-44-42-40-38-35-25-23-21-19-17-15-13-11-9-7-2/h15,17,21,23,36-37,43,45,51,53,58-59,63H,6-14,16,18-20,22,24-35,38-42,44,46-50,52,54-57H2,1-5H3,(H-,61,64,65,66)/p+1/b17-15-,23-21-,37-36+,45-43+,53-51+. The molecule has 0 aliphatic carbocycles. The van der Waals surface area contributed by atoms with Crippen LogP contribution in [0.3, 0.4) is 0 Å². The first-order chi connectivity index (χ1) is 33.5. The van der Waals surface area contributed by atoms with Crippen molar-refractivity contribution in [3.63, 3.8) is 0 Å². The Balaban J connectivity index is 4.27. The lowest BCUT2D eigenvalue weighted by atomic mass is 10.0. The second kappa shape index (κ2) is 51.1. The van der Waals surface area contributed by atoms with Gasteiger partial charge in [-0.1, -0.05) is 242 Å². The van der Waals surface area contributed by atoms with Crippen LogP contribution in [0.25, 0.3) is 0 Å². The first kappa shape index (κ1) is 67.2. The summed E-state index contributed by atoms with van der Waals surface area (Å²) in [5.41, 5.74) is 0. The minimum absolute atomic E-state index is 0.0510. The van der Waals surface area contributed by atoms with Gasteiger partial charge in [-0.25, -0.2) is 4.57 Å². The third kappa shape index (κ3) is 53.8. The lowest BCUT2D eigenvalue weighted by Gasteiger charge is -2.25. The molecule has 0 fully saturated rings. The average molecular weight is 991 g/mol. The zero-order valence-electron chi connectivity index (χ0n) is 46.0. The minimum Gasteiger partial charge on any atom is -0.387 e. The first-order valence-electron chi connectivity index (χ1n) is 29.2. The molecule has 0 bridgehead atoms. The zero-order valence-corrected chi connectivity index (χ0v) is 46.9. The van der Waals surface area contributed by atoms with Gasteiger partial charge in [-0.05, 0) is 77.0 Å². The molecular weight excluding hydrogens is 876 g/mol. The molecule has 0 aromatic heterocycles. The van der Waals surface area contributed by atoms with E-state index in [1.54, 1.807) is 6.08 Å². The van der Waals surface area contributed by atoms with Crippen molar-refractivity contribution >= 4 is 13.7 Å². The van der Waals surface area contributed by atoms with E-state index in [1.807, 2.05) is 27.2 Å². The maximum atomic E-state index is 13.0. The molecule has 0 aliphatic heterocycles. The molecule has 0 aliphatic rings. The highest BCUT2D eigenvalue weighted by Gasteiger charge is 2.27. The van der Waals surface area contributed by atoms with Gasteiger partial charge < -0.3 is 19.8 Å². The van der Waals surface area contributed by atoms with E-state index in [4.69, 9.17) is 9.05 Å². The number of amides is 1. The van der Waals surface area contributed by atoms with E-state index in [9.17, 15) is 19.4 Å². The Labute approximate surface area is 428 Å². The Hall–Kier alpha value is -1.80. The van der Waals surface area contributed by atoms with Gasteiger partial charge in [0.25, 0.3) is 0 Å². The molecule has 1 amide bonds. The number of hydrogen-bond donors (Lipinski definition) is 3. The van der Waals surface area contributed by atoms with E-state index in [1.165, 1.54) is 193 Å². The minimum atomic E-state index is -4.36. The lowest BCUT2D eigenvalue weighted by molar-refractivity contribution is -0.870. The highest BCUT2D eigenvalue weighted by molar-refractivity contribution is 7.47. The van der Waals surface area contributed by atoms with Crippen molar-refractivity contribution in [2.24, 2.45) is 0 Å². The summed E-state index contributed by atoms with van der Waals surface area (Å²) in [6.07, 6.45) is 69.0. The van der Waals surface area contributed by atoms with Crippen molar-refractivity contribution in [2.75, 3.05) is 40.9 Å². The molecule has 0 aromatic rings. The van der Waals surface area contributed by atoms with Crippen molar-refractivity contribution < 1.29 is 32.9 Å². The second-order valence-electron chi connectivity index (χ2n) is 21.0. The van der Waals surface area contributed by atoms with Crippen LogP contribution >= 0.6 is 7.82 Å². The van der Waals surface area contributed by atoms with Crippen LogP contribution in [0.5, 0.6) is 0 Å². The summed E-state index contributed by atoms with van der Waals surface area (Å²) in [4.78, 5) is 23.3. The molecule has 8 nitrogen and oxygen atoms in total. The fourth-order valence-electron chi connectivity index (χ4n) is 8.34. The summed E-state index contributed by atoms with van der Waals surface area (Å²) in [5, 5.41) is 13.9. The Morgan fingerprint density at radius 3 is 1.28 bits per heavy atom. The monoisotopic (exact) mass is 990 g/mol. The normalized spacial score (nSPS) is 14.4. The lowest BCUT2D eigenvalue weighted by Crippen LogP contribution is -2.45. The van der Waals surface area contributed by atoms with Gasteiger partial charge in [-0.15, -0.1) is 0 Å². The van der Waals surface area contributed by atoms with E-state index in [-0.39, 0.29) is 19.1 Å². The van der Waals surface area contributed by atoms with E-state index < -0.39 is 20.0 Å². The molecule has 0 rings (SSSR count). The molecule has 0 radical (unpaired) electrons. The molecule has 0 saturated heterocycles. The fraction of sp³-hybridized carbons (Fsp3) is 0.817. The number of rotatable bonds is 53. The van der Waals surface area contributed by atoms with E-state index in [0.717, 1.165) is 51.4 Å². The van der Waals surface area contributed by atoms with Crippen molar-refractivity contribution in [3.8, 4) is 0 Å². The molecule has 0 spiro atoms.